The van der Waals surface area contributed by atoms with Crippen LogP contribution >= 0.6 is 11.8 Å². The van der Waals surface area contributed by atoms with Crippen molar-refractivity contribution >= 4 is 11.8 Å². The standard InChI is InChI=1S/C14H18F3NO2S/c1-19-5-4-18-7-10-2-3-13(21-11-8-20-9-11)12(6-10)14(15,16)17/h2-3,6,11,18H,4-5,7-9H2,1H3. The van der Waals surface area contributed by atoms with Crippen LogP contribution in [0.25, 0.3) is 0 Å². The van der Waals surface area contributed by atoms with Gasteiger partial charge in [0, 0.05) is 25.1 Å². The van der Waals surface area contributed by atoms with E-state index in [-0.39, 0.29) is 10.1 Å². The Morgan fingerprint density at radius 3 is 2.71 bits per heavy atom. The molecule has 3 nitrogen and oxygen atoms in total. The Labute approximate surface area is 126 Å². The van der Waals surface area contributed by atoms with Gasteiger partial charge in [-0.1, -0.05) is 6.07 Å². The van der Waals surface area contributed by atoms with Gasteiger partial charge in [-0.3, -0.25) is 0 Å². The first kappa shape index (κ1) is 16.6. The number of hydrogen-bond donors (Lipinski definition) is 1. The van der Waals surface area contributed by atoms with Crippen LogP contribution in [0.15, 0.2) is 23.1 Å². The van der Waals surface area contributed by atoms with Gasteiger partial charge in [-0.2, -0.15) is 13.2 Å². The summed E-state index contributed by atoms with van der Waals surface area (Å²) in [4.78, 5) is 0.274. The van der Waals surface area contributed by atoms with E-state index >= 15 is 0 Å². The highest BCUT2D eigenvalue weighted by atomic mass is 32.2. The molecule has 1 saturated heterocycles. The summed E-state index contributed by atoms with van der Waals surface area (Å²) in [6, 6.07) is 4.51. The molecule has 118 valence electrons. The van der Waals surface area contributed by atoms with E-state index in [4.69, 9.17) is 9.47 Å². The average molecular weight is 321 g/mol. The minimum absolute atomic E-state index is 0.122. The molecule has 1 aromatic rings. The van der Waals surface area contributed by atoms with Crippen LogP contribution in [-0.4, -0.2) is 38.7 Å². The average Bonchev–Trinajstić information content (AvgIpc) is 2.39. The molecule has 0 aromatic heterocycles. The van der Waals surface area contributed by atoms with E-state index in [1.165, 1.54) is 17.8 Å². The van der Waals surface area contributed by atoms with Gasteiger partial charge in [0.2, 0.25) is 0 Å². The first-order valence-electron chi connectivity index (χ1n) is 6.65. The summed E-state index contributed by atoms with van der Waals surface area (Å²) in [7, 11) is 1.58. The van der Waals surface area contributed by atoms with Gasteiger partial charge in [-0.15, -0.1) is 11.8 Å². The molecule has 0 spiro atoms. The maximum Gasteiger partial charge on any atom is 0.417 e. The lowest BCUT2D eigenvalue weighted by Crippen LogP contribution is -2.30. The number of nitrogens with one attached hydrogen (secondary N) is 1. The Balaban J connectivity index is 2.07. The van der Waals surface area contributed by atoms with Crippen LogP contribution in [0.1, 0.15) is 11.1 Å². The molecule has 0 atom stereocenters. The quantitative estimate of drug-likeness (QED) is 0.782. The van der Waals surface area contributed by atoms with Gasteiger partial charge >= 0.3 is 6.18 Å². The van der Waals surface area contributed by atoms with Crippen LogP contribution in [0.2, 0.25) is 0 Å². The predicted octanol–water partition coefficient (Wildman–Crippen LogP) is 2.93. The summed E-state index contributed by atoms with van der Waals surface area (Å²) >= 11 is 1.24. The number of thioether (sulfide) groups is 1. The molecule has 0 unspecified atom stereocenters. The molecule has 0 amide bonds. The topological polar surface area (TPSA) is 30.5 Å². The largest absolute Gasteiger partial charge is 0.417 e. The lowest BCUT2D eigenvalue weighted by Gasteiger charge is -2.26. The molecule has 0 aliphatic carbocycles. The molecule has 7 heteroatoms. The van der Waals surface area contributed by atoms with E-state index in [1.807, 2.05) is 0 Å². The Hall–Kier alpha value is -0.760. The number of benzene rings is 1. The first-order valence-corrected chi connectivity index (χ1v) is 7.53. The lowest BCUT2D eigenvalue weighted by molar-refractivity contribution is -0.139. The summed E-state index contributed by atoms with van der Waals surface area (Å²) in [6.07, 6.45) is -4.34. The molecule has 1 fully saturated rings. The van der Waals surface area contributed by atoms with Gasteiger partial charge in [0.25, 0.3) is 0 Å². The summed E-state index contributed by atoms with van der Waals surface area (Å²) in [5.74, 6) is 0. The van der Waals surface area contributed by atoms with Crippen molar-refractivity contribution in [1.29, 1.82) is 0 Å². The fraction of sp³-hybridized carbons (Fsp3) is 0.571. The van der Waals surface area contributed by atoms with E-state index in [2.05, 4.69) is 5.32 Å². The number of alkyl halides is 3. The van der Waals surface area contributed by atoms with Gasteiger partial charge in [0.1, 0.15) is 0 Å². The number of rotatable bonds is 7. The highest BCUT2D eigenvalue weighted by Crippen LogP contribution is 2.39. The molecule has 2 rings (SSSR count). The second-order valence-corrected chi connectivity index (χ2v) is 6.12. The van der Waals surface area contributed by atoms with E-state index in [0.717, 1.165) is 0 Å². The van der Waals surface area contributed by atoms with Crippen LogP contribution < -0.4 is 5.32 Å². The number of ether oxygens (including phenoxy) is 2. The number of halogens is 3. The summed E-state index contributed by atoms with van der Waals surface area (Å²) < 4.78 is 49.4. The first-order chi connectivity index (χ1) is 10.0. The predicted molar refractivity (Wildman–Crippen MR) is 75.5 cm³/mol. The van der Waals surface area contributed by atoms with Crippen molar-refractivity contribution in [2.24, 2.45) is 0 Å². The van der Waals surface area contributed by atoms with Crippen molar-refractivity contribution in [3.05, 3.63) is 29.3 Å². The molecule has 1 aliphatic heterocycles. The Morgan fingerprint density at radius 1 is 1.38 bits per heavy atom. The van der Waals surface area contributed by atoms with Crippen molar-refractivity contribution in [2.45, 2.75) is 22.9 Å². The van der Waals surface area contributed by atoms with Gasteiger partial charge < -0.3 is 14.8 Å². The third-order valence-corrected chi connectivity index (χ3v) is 4.28. The normalized spacial score (nSPS) is 16.0. The number of hydrogen-bond acceptors (Lipinski definition) is 4. The zero-order valence-electron chi connectivity index (χ0n) is 11.7. The maximum absolute atomic E-state index is 13.2. The second-order valence-electron chi connectivity index (χ2n) is 4.78. The smallest absolute Gasteiger partial charge is 0.383 e. The molecule has 1 heterocycles. The Kier molecular flexibility index (Phi) is 5.92. The third-order valence-electron chi connectivity index (χ3n) is 3.06. The summed E-state index contributed by atoms with van der Waals surface area (Å²) in [5.41, 5.74) is 0.0538. The molecule has 1 aliphatic rings. The molecular weight excluding hydrogens is 303 g/mol. The molecule has 0 bridgehead atoms. The minimum atomic E-state index is -4.34. The van der Waals surface area contributed by atoms with Crippen LogP contribution in [0.4, 0.5) is 13.2 Å². The van der Waals surface area contributed by atoms with Crippen molar-refractivity contribution in [2.75, 3.05) is 33.5 Å². The Bertz CT molecular complexity index is 464. The molecule has 21 heavy (non-hydrogen) atoms. The van der Waals surface area contributed by atoms with E-state index in [9.17, 15) is 13.2 Å². The Morgan fingerprint density at radius 2 is 2.14 bits per heavy atom. The molecule has 0 radical (unpaired) electrons. The van der Waals surface area contributed by atoms with Crippen molar-refractivity contribution in [1.82, 2.24) is 5.32 Å². The SMILES string of the molecule is COCCNCc1ccc(SC2COC2)c(C(F)(F)F)c1. The van der Waals surface area contributed by atoms with Crippen LogP contribution in [-0.2, 0) is 22.2 Å². The van der Waals surface area contributed by atoms with Crippen LogP contribution in [0, 0.1) is 0 Å². The zero-order chi connectivity index (χ0) is 15.3. The van der Waals surface area contributed by atoms with Gasteiger partial charge in [0.05, 0.1) is 30.6 Å². The zero-order valence-corrected chi connectivity index (χ0v) is 12.5. The monoisotopic (exact) mass is 321 g/mol. The van der Waals surface area contributed by atoms with Crippen molar-refractivity contribution < 1.29 is 22.6 Å². The molecule has 0 saturated carbocycles. The van der Waals surface area contributed by atoms with Crippen molar-refractivity contribution in [3.8, 4) is 0 Å². The molecule has 1 aromatic carbocycles. The van der Waals surface area contributed by atoms with Gasteiger partial charge in [-0.25, -0.2) is 0 Å². The highest BCUT2D eigenvalue weighted by molar-refractivity contribution is 8.00. The summed E-state index contributed by atoms with van der Waals surface area (Å²) in [6.45, 7) is 2.56. The highest BCUT2D eigenvalue weighted by Gasteiger charge is 2.35. The van der Waals surface area contributed by atoms with Crippen LogP contribution in [0.3, 0.4) is 0 Å². The molecular formula is C14H18F3NO2S. The molecule has 1 N–H and O–H groups in total. The van der Waals surface area contributed by atoms with E-state index < -0.39 is 11.7 Å². The van der Waals surface area contributed by atoms with E-state index in [1.54, 1.807) is 19.2 Å². The third kappa shape index (κ3) is 4.88. The van der Waals surface area contributed by atoms with Gasteiger partial charge in [0.15, 0.2) is 0 Å². The summed E-state index contributed by atoms with van der Waals surface area (Å²) in [5, 5.41) is 3.17. The van der Waals surface area contributed by atoms with E-state index in [0.29, 0.717) is 38.5 Å². The van der Waals surface area contributed by atoms with Crippen molar-refractivity contribution in [3.63, 3.8) is 0 Å². The minimum Gasteiger partial charge on any atom is -0.383 e. The fourth-order valence-corrected chi connectivity index (χ4v) is 3.02. The lowest BCUT2D eigenvalue weighted by atomic mass is 10.1. The maximum atomic E-state index is 13.2. The van der Waals surface area contributed by atoms with Gasteiger partial charge in [-0.05, 0) is 17.7 Å². The fourth-order valence-electron chi connectivity index (χ4n) is 1.88. The number of methoxy groups -OCH3 is 1. The second kappa shape index (κ2) is 7.49. The van der Waals surface area contributed by atoms with Crippen LogP contribution in [0.5, 0.6) is 0 Å².